The van der Waals surface area contributed by atoms with Crippen LogP contribution in [0.25, 0.3) is 68.0 Å². The molecular formula is C121H145BrFN13O6. The van der Waals surface area contributed by atoms with Crippen molar-refractivity contribution in [3.05, 3.63) is 244 Å². The van der Waals surface area contributed by atoms with Crippen molar-refractivity contribution >= 4 is 15.9 Å². The standard InChI is InChI=1S/2C21H26N2O.C20H23BrN2O.C20H23FN2O.C20H24N2O.C19H23N3O/c2*1-14-2-4-18(5-3-14)20-9-19(23-24-20)13-22-21-10-15-6-16(11-21)8-17(7-15)12-21;21-17-3-1-16(2-4-17)19-8-18(24-23-19)12-22-20-9-13-5-14(10-20)7-15(6-13)11-20;21-17-3-1-16(2-4-17)19-8-18(23-24-19)12-22-20-9-13-5-14(10-20)7-15(6-13)11-20;1-2-4-17(5-3-1)19-9-18(22-23-19)13-21-20-10-14-6-15(11-20)8-16(7-14)12-20;1-2-4-16(5-3-1)18-22-21-17(23-18)12-20-19-9-13-6-14(10-19)8-15(7-13)11-19/h2*2-5,9,15-17,22H,6-8,10-13H2,1H3;2*1-4,8,13-15,22H,5-7,9-12H2;1-5,9,14-16,21H,6-8,10-13H2;1-5,13-15,20H,6-12H2. The van der Waals surface area contributed by atoms with Gasteiger partial charge in [0.2, 0.25) is 11.8 Å². The van der Waals surface area contributed by atoms with Crippen molar-refractivity contribution in [1.29, 1.82) is 0 Å². The van der Waals surface area contributed by atoms with Crippen LogP contribution in [0.3, 0.4) is 0 Å². The molecule has 0 aliphatic heterocycles. The lowest BCUT2D eigenvalue weighted by atomic mass is 9.53. The fourth-order valence-electron chi connectivity index (χ4n) is 34.6. The van der Waals surface area contributed by atoms with Crippen LogP contribution in [-0.2, 0) is 39.3 Å². The zero-order valence-electron chi connectivity index (χ0n) is 83.3. The van der Waals surface area contributed by atoms with Gasteiger partial charge < -0.3 is 58.9 Å². The third-order valence-corrected chi connectivity index (χ3v) is 38.9. The van der Waals surface area contributed by atoms with Crippen molar-refractivity contribution in [3.8, 4) is 68.0 Å². The van der Waals surface area contributed by atoms with E-state index in [1.165, 1.54) is 254 Å². The van der Waals surface area contributed by atoms with Crippen LogP contribution in [0.4, 0.5) is 4.39 Å². The molecule has 21 heteroatoms. The summed E-state index contributed by atoms with van der Waals surface area (Å²) in [5.74, 6) is 22.7. The molecule has 0 saturated heterocycles. The van der Waals surface area contributed by atoms with Gasteiger partial charge in [-0.1, -0.05) is 162 Å². The largest absolute Gasteiger partial charge is 0.419 e. The molecule has 6 N–H and O–H groups in total. The molecular weight excluding hydrogens is 1830 g/mol. The molecule has 0 atom stereocenters. The minimum Gasteiger partial charge on any atom is -0.419 e. The molecule has 6 heterocycles. The lowest BCUT2D eigenvalue weighted by Crippen LogP contribution is -2.58. The van der Waals surface area contributed by atoms with Crippen LogP contribution in [0.5, 0.6) is 0 Å². The van der Waals surface area contributed by atoms with E-state index in [4.69, 9.17) is 27.0 Å². The molecule has 744 valence electrons. The van der Waals surface area contributed by atoms with Gasteiger partial charge in [-0.05, 0) is 400 Å². The zero-order valence-corrected chi connectivity index (χ0v) is 84.9. The highest BCUT2D eigenvalue weighted by molar-refractivity contribution is 9.10. The highest BCUT2D eigenvalue weighted by atomic mass is 79.9. The van der Waals surface area contributed by atoms with Crippen molar-refractivity contribution in [2.75, 3.05) is 0 Å². The molecule has 6 aromatic carbocycles. The van der Waals surface area contributed by atoms with Crippen LogP contribution in [-0.4, -0.2) is 69.2 Å². The van der Waals surface area contributed by atoms with Crippen LogP contribution in [0, 0.1) is 126 Å². The number of nitrogens with one attached hydrogen (secondary N) is 6. The first-order valence-corrected chi connectivity index (χ1v) is 55.9. The van der Waals surface area contributed by atoms with E-state index >= 15 is 0 Å². The number of halogens is 2. The van der Waals surface area contributed by atoms with Gasteiger partial charge in [-0.15, -0.1) is 10.2 Å². The number of hydrogen-bond donors (Lipinski definition) is 6. The summed E-state index contributed by atoms with van der Waals surface area (Å²) in [5.41, 5.74) is 16.0. The third kappa shape index (κ3) is 21.1. The number of nitrogens with zero attached hydrogens (tertiary/aromatic N) is 7. The summed E-state index contributed by atoms with van der Waals surface area (Å²) >= 11 is 3.47. The number of aryl methyl sites for hydroxylation is 2. The Balaban J connectivity index is 0.0000000896. The van der Waals surface area contributed by atoms with Crippen molar-refractivity contribution in [3.63, 3.8) is 0 Å². The monoisotopic (exact) mass is 1970 g/mol. The van der Waals surface area contributed by atoms with Crippen LogP contribution >= 0.6 is 15.9 Å². The van der Waals surface area contributed by atoms with E-state index < -0.39 is 0 Å². The Morgan fingerprint density at radius 2 is 0.521 bits per heavy atom. The first kappa shape index (κ1) is 93.7. The molecule has 6 aromatic heterocycles. The number of hydrogen-bond acceptors (Lipinski definition) is 19. The summed E-state index contributed by atoms with van der Waals surface area (Å²) in [6.07, 6.45) is 51.2. The topological polar surface area (TPSA) is 241 Å². The first-order valence-electron chi connectivity index (χ1n) is 55.1. The lowest BCUT2D eigenvalue weighted by Gasteiger charge is -2.57. The van der Waals surface area contributed by atoms with Crippen molar-refractivity contribution in [2.24, 2.45) is 107 Å². The normalized spacial score (nSPS) is 34.3. The average molecular weight is 1980 g/mol. The van der Waals surface area contributed by atoms with Crippen molar-refractivity contribution < 1.29 is 31.4 Å². The predicted molar refractivity (Wildman–Crippen MR) is 553 cm³/mol. The maximum atomic E-state index is 13.0. The van der Waals surface area contributed by atoms with E-state index in [1.807, 2.05) is 66.7 Å². The van der Waals surface area contributed by atoms with Gasteiger partial charge in [-0.25, -0.2) is 4.39 Å². The van der Waals surface area contributed by atoms with E-state index in [1.54, 1.807) is 12.1 Å². The van der Waals surface area contributed by atoms with Crippen LogP contribution in [0.1, 0.15) is 277 Å². The Hall–Kier alpha value is -9.32. The van der Waals surface area contributed by atoms with Crippen LogP contribution in [0.15, 0.2) is 220 Å². The van der Waals surface area contributed by atoms with E-state index in [9.17, 15) is 4.39 Å². The molecule has 19 nitrogen and oxygen atoms in total. The average Bonchev–Trinajstić information content (AvgIpc) is 0.892. The second-order valence-corrected chi connectivity index (χ2v) is 50.6. The van der Waals surface area contributed by atoms with Crippen molar-refractivity contribution in [2.45, 2.75) is 317 Å². The molecule has 36 rings (SSSR count). The highest BCUT2D eigenvalue weighted by Crippen LogP contribution is 2.62. The second kappa shape index (κ2) is 39.5. The molecule has 12 aromatic rings. The molecule has 24 saturated carbocycles. The summed E-state index contributed by atoms with van der Waals surface area (Å²) < 4.78 is 47.7. The number of rotatable bonds is 24. The maximum absolute atomic E-state index is 13.0. The molecule has 0 radical (unpaired) electrons. The van der Waals surface area contributed by atoms with Gasteiger partial charge in [0.1, 0.15) is 11.5 Å². The molecule has 24 aliphatic rings. The molecule has 24 bridgehead atoms. The molecule has 24 aliphatic carbocycles. The van der Waals surface area contributed by atoms with Gasteiger partial charge in [0, 0.05) is 128 Å². The molecule has 0 unspecified atom stereocenters. The summed E-state index contributed by atoms with van der Waals surface area (Å²) in [6.45, 7) is 8.97. The summed E-state index contributed by atoms with van der Waals surface area (Å²) in [5, 5.41) is 52.9. The van der Waals surface area contributed by atoms with E-state index in [0.717, 1.165) is 229 Å². The number of benzene rings is 6. The highest BCUT2D eigenvalue weighted by Gasteiger charge is 2.57. The van der Waals surface area contributed by atoms with E-state index in [-0.39, 0.29) is 5.82 Å². The van der Waals surface area contributed by atoms with Crippen LogP contribution < -0.4 is 31.9 Å². The SMILES string of the molecule is Brc1ccc(-c2cc(CNC34CC5CC(CC(C5)C3)C4)on2)cc1.Cc1ccc(-c2cc(CNC34CC5CC(CC(C5)C3)C4)no2)cc1.Cc1ccc(-c2cc(CNC34CC5CC(CC(C5)C3)C4)no2)cc1.Fc1ccc(-c2cc(CNC34CC5CC(CC(C5)C3)C4)no2)cc1.c1ccc(-c2cc(CNC34CC5CC(CC(C5)C3)C4)no2)cc1.c1ccc(-c2nnc(CNC34CC5CC(CC(C5)C3)C4)o2)cc1. The zero-order chi connectivity index (χ0) is 95.1. The van der Waals surface area contributed by atoms with Gasteiger partial charge in [-0.2, -0.15) is 0 Å². The molecule has 24 fully saturated rings. The molecule has 142 heavy (non-hydrogen) atoms. The minimum absolute atomic E-state index is 0.234. The lowest BCUT2D eigenvalue weighted by molar-refractivity contribution is -0.0216. The molecule has 0 amide bonds. The summed E-state index contributed by atoms with van der Waals surface area (Å²) in [7, 11) is 0. The second-order valence-electron chi connectivity index (χ2n) is 49.7. The molecule has 0 spiro atoms. The van der Waals surface area contributed by atoms with Gasteiger partial charge in [0.05, 0.1) is 35.9 Å². The van der Waals surface area contributed by atoms with Crippen LogP contribution in [0.2, 0.25) is 0 Å². The minimum atomic E-state index is -0.234. The fourth-order valence-corrected chi connectivity index (χ4v) is 34.8. The van der Waals surface area contributed by atoms with Gasteiger partial charge in [-0.3, -0.25) is 0 Å². The Morgan fingerprint density at radius 1 is 0.268 bits per heavy atom. The van der Waals surface area contributed by atoms with E-state index in [0.29, 0.717) is 57.3 Å². The number of aromatic nitrogens is 7. The predicted octanol–water partition coefficient (Wildman–Crippen LogP) is 27.3. The Bertz CT molecular complexity index is 5430. The van der Waals surface area contributed by atoms with Gasteiger partial charge in [0.15, 0.2) is 28.8 Å². The maximum Gasteiger partial charge on any atom is 0.247 e. The van der Waals surface area contributed by atoms with Gasteiger partial charge in [0.25, 0.3) is 0 Å². The Kier molecular flexibility index (Phi) is 26.1. The third-order valence-electron chi connectivity index (χ3n) is 38.3. The summed E-state index contributed by atoms with van der Waals surface area (Å²) in [6, 6.07) is 62.0. The first-order chi connectivity index (χ1) is 69.3. The van der Waals surface area contributed by atoms with Crippen molar-refractivity contribution in [1.82, 2.24) is 67.9 Å². The van der Waals surface area contributed by atoms with E-state index in [2.05, 4.69) is 195 Å². The van der Waals surface area contributed by atoms with Gasteiger partial charge >= 0.3 is 0 Å². The quantitative estimate of drug-likeness (QED) is 0.0329. The Labute approximate surface area is 845 Å². The summed E-state index contributed by atoms with van der Waals surface area (Å²) in [4.78, 5) is 0. The fraction of sp³-hybridized carbons (Fsp3) is 0.562. The Morgan fingerprint density at radius 3 is 0.817 bits per heavy atom. The smallest absolute Gasteiger partial charge is 0.247 e.